The van der Waals surface area contributed by atoms with Gasteiger partial charge >= 0.3 is 0 Å². The molecule has 3 rings (SSSR count). The predicted octanol–water partition coefficient (Wildman–Crippen LogP) is 4.00. The number of benzene rings is 3. The molecule has 138 valence electrons. The lowest BCUT2D eigenvalue weighted by molar-refractivity contribution is -0.118. The van der Waals surface area contributed by atoms with E-state index in [0.29, 0.717) is 23.5 Å². The minimum absolute atomic E-state index is 0.0862. The third kappa shape index (κ3) is 5.07. The first-order chi connectivity index (χ1) is 13.2. The van der Waals surface area contributed by atoms with E-state index in [1.54, 1.807) is 24.3 Å². The summed E-state index contributed by atoms with van der Waals surface area (Å²) in [5.74, 6) is 0.271. The Morgan fingerprint density at radius 2 is 1.67 bits per heavy atom. The number of fused-ring (bicyclic) bond motifs is 1. The third-order valence-electron chi connectivity index (χ3n) is 4.06. The molecular weight excluding hydrogens is 340 g/mol. The van der Waals surface area contributed by atoms with Crippen molar-refractivity contribution in [1.82, 2.24) is 5.32 Å². The number of hydrogen-bond donors (Lipinski definition) is 2. The van der Waals surface area contributed by atoms with Gasteiger partial charge in [0.15, 0.2) is 6.61 Å². The number of carbonyl (C=O) groups excluding carboxylic acids is 2. The van der Waals surface area contributed by atoms with Gasteiger partial charge < -0.3 is 15.4 Å². The Kier molecular flexibility index (Phi) is 6.05. The van der Waals surface area contributed by atoms with Crippen LogP contribution >= 0.6 is 0 Å². The summed E-state index contributed by atoms with van der Waals surface area (Å²) >= 11 is 0. The van der Waals surface area contributed by atoms with Crippen molar-refractivity contribution in [2.45, 2.75) is 13.3 Å². The molecule has 0 saturated heterocycles. The van der Waals surface area contributed by atoms with Gasteiger partial charge in [-0.15, -0.1) is 0 Å². The minimum atomic E-state index is -0.258. The van der Waals surface area contributed by atoms with Crippen LogP contribution in [0.25, 0.3) is 10.8 Å². The fourth-order valence-electron chi connectivity index (χ4n) is 2.65. The van der Waals surface area contributed by atoms with E-state index in [-0.39, 0.29) is 18.4 Å². The number of anilines is 1. The Labute approximate surface area is 158 Å². The van der Waals surface area contributed by atoms with Crippen LogP contribution in [0.15, 0.2) is 66.7 Å². The SMILES string of the molecule is CCCNC(=O)c1ccc(NC(=O)COc2ccc3ccccc3c2)cc1. The second kappa shape index (κ2) is 8.85. The Hall–Kier alpha value is -3.34. The molecule has 0 aromatic heterocycles. The van der Waals surface area contributed by atoms with Crippen LogP contribution in [-0.4, -0.2) is 25.0 Å². The summed E-state index contributed by atoms with van der Waals surface area (Å²) in [6, 6.07) is 20.5. The topological polar surface area (TPSA) is 67.4 Å². The monoisotopic (exact) mass is 362 g/mol. The minimum Gasteiger partial charge on any atom is -0.484 e. The number of rotatable bonds is 7. The van der Waals surface area contributed by atoms with Gasteiger partial charge in [-0.1, -0.05) is 37.3 Å². The van der Waals surface area contributed by atoms with Gasteiger partial charge in [0.25, 0.3) is 11.8 Å². The summed E-state index contributed by atoms with van der Waals surface area (Å²) in [6.45, 7) is 2.55. The highest BCUT2D eigenvalue weighted by molar-refractivity contribution is 5.96. The molecular formula is C22H22N2O3. The molecule has 0 fully saturated rings. The highest BCUT2D eigenvalue weighted by Gasteiger charge is 2.07. The van der Waals surface area contributed by atoms with Crippen LogP contribution in [0.5, 0.6) is 5.75 Å². The van der Waals surface area contributed by atoms with Crippen LogP contribution < -0.4 is 15.4 Å². The standard InChI is InChI=1S/C22H22N2O3/c1-2-13-23-22(26)17-7-10-19(11-8-17)24-21(25)15-27-20-12-9-16-5-3-4-6-18(16)14-20/h3-12,14H,2,13,15H2,1H3,(H,23,26)(H,24,25). The molecule has 0 atom stereocenters. The largest absolute Gasteiger partial charge is 0.484 e. The smallest absolute Gasteiger partial charge is 0.262 e. The van der Waals surface area contributed by atoms with Crippen LogP contribution in [0, 0.1) is 0 Å². The summed E-state index contributed by atoms with van der Waals surface area (Å²) in [5.41, 5.74) is 1.18. The quantitative estimate of drug-likeness (QED) is 0.668. The molecule has 3 aromatic carbocycles. The van der Waals surface area contributed by atoms with E-state index in [9.17, 15) is 9.59 Å². The first kappa shape index (κ1) is 18.5. The molecule has 0 unspecified atom stereocenters. The fourth-order valence-corrected chi connectivity index (χ4v) is 2.65. The number of nitrogens with one attached hydrogen (secondary N) is 2. The van der Waals surface area contributed by atoms with E-state index in [1.807, 2.05) is 49.4 Å². The molecule has 2 N–H and O–H groups in total. The summed E-state index contributed by atoms with van der Waals surface area (Å²) in [6.07, 6.45) is 0.886. The number of amides is 2. The molecule has 0 heterocycles. The van der Waals surface area contributed by atoms with Gasteiger partial charge in [0.05, 0.1) is 0 Å². The normalized spacial score (nSPS) is 10.4. The van der Waals surface area contributed by atoms with E-state index in [4.69, 9.17) is 4.74 Å². The molecule has 0 aliphatic heterocycles. The molecule has 0 saturated carbocycles. The zero-order valence-corrected chi connectivity index (χ0v) is 15.2. The number of carbonyl (C=O) groups is 2. The first-order valence-electron chi connectivity index (χ1n) is 8.95. The third-order valence-corrected chi connectivity index (χ3v) is 4.06. The summed E-state index contributed by atoms with van der Waals surface area (Å²) in [7, 11) is 0. The Morgan fingerprint density at radius 3 is 2.41 bits per heavy atom. The van der Waals surface area contributed by atoms with Gasteiger partial charge in [-0.05, 0) is 53.6 Å². The van der Waals surface area contributed by atoms with Gasteiger partial charge in [0.2, 0.25) is 0 Å². The second-order valence-electron chi connectivity index (χ2n) is 6.18. The lowest BCUT2D eigenvalue weighted by Crippen LogP contribution is -2.24. The van der Waals surface area contributed by atoms with Crippen molar-refractivity contribution in [3.63, 3.8) is 0 Å². The van der Waals surface area contributed by atoms with Gasteiger partial charge in [-0.3, -0.25) is 9.59 Å². The van der Waals surface area contributed by atoms with Crippen LogP contribution in [0.3, 0.4) is 0 Å². The predicted molar refractivity (Wildman–Crippen MR) is 107 cm³/mol. The van der Waals surface area contributed by atoms with Crippen molar-refractivity contribution < 1.29 is 14.3 Å². The van der Waals surface area contributed by atoms with Crippen LogP contribution in [-0.2, 0) is 4.79 Å². The zero-order chi connectivity index (χ0) is 19.1. The van der Waals surface area contributed by atoms with Crippen molar-refractivity contribution in [3.05, 3.63) is 72.3 Å². The molecule has 3 aromatic rings. The van der Waals surface area contributed by atoms with Gasteiger partial charge in [0.1, 0.15) is 5.75 Å². The fraction of sp³-hybridized carbons (Fsp3) is 0.182. The summed E-state index contributed by atoms with van der Waals surface area (Å²) in [4.78, 5) is 24.0. The maximum absolute atomic E-state index is 12.1. The average Bonchev–Trinajstić information content (AvgIpc) is 2.71. The Morgan fingerprint density at radius 1 is 0.926 bits per heavy atom. The second-order valence-corrected chi connectivity index (χ2v) is 6.18. The maximum Gasteiger partial charge on any atom is 0.262 e. The van der Waals surface area contributed by atoms with E-state index < -0.39 is 0 Å². The molecule has 0 aliphatic rings. The first-order valence-corrected chi connectivity index (χ1v) is 8.95. The molecule has 2 amide bonds. The molecule has 0 spiro atoms. The van der Waals surface area contributed by atoms with Gasteiger partial charge in [-0.25, -0.2) is 0 Å². The van der Waals surface area contributed by atoms with Crippen LogP contribution in [0.1, 0.15) is 23.7 Å². The van der Waals surface area contributed by atoms with Crippen molar-refractivity contribution >= 4 is 28.3 Å². The van der Waals surface area contributed by atoms with Crippen LogP contribution in [0.4, 0.5) is 5.69 Å². The lowest BCUT2D eigenvalue weighted by atomic mass is 10.1. The summed E-state index contributed by atoms with van der Waals surface area (Å²) < 4.78 is 5.58. The van der Waals surface area contributed by atoms with E-state index >= 15 is 0 Å². The van der Waals surface area contributed by atoms with E-state index in [2.05, 4.69) is 10.6 Å². The maximum atomic E-state index is 12.1. The molecule has 27 heavy (non-hydrogen) atoms. The van der Waals surface area contributed by atoms with Crippen LogP contribution in [0.2, 0.25) is 0 Å². The highest BCUT2D eigenvalue weighted by atomic mass is 16.5. The van der Waals surface area contributed by atoms with Gasteiger partial charge in [-0.2, -0.15) is 0 Å². The summed E-state index contributed by atoms with van der Waals surface area (Å²) in [5, 5.41) is 7.76. The van der Waals surface area contributed by atoms with E-state index in [0.717, 1.165) is 17.2 Å². The highest BCUT2D eigenvalue weighted by Crippen LogP contribution is 2.20. The van der Waals surface area contributed by atoms with Gasteiger partial charge in [0, 0.05) is 17.8 Å². The molecule has 5 heteroatoms. The molecule has 0 bridgehead atoms. The van der Waals surface area contributed by atoms with E-state index in [1.165, 1.54) is 0 Å². The molecule has 0 aliphatic carbocycles. The Bertz CT molecular complexity index is 936. The molecule has 5 nitrogen and oxygen atoms in total. The zero-order valence-electron chi connectivity index (χ0n) is 15.2. The van der Waals surface area contributed by atoms with Crippen molar-refractivity contribution in [2.75, 3.05) is 18.5 Å². The number of hydrogen-bond acceptors (Lipinski definition) is 3. The lowest BCUT2D eigenvalue weighted by Gasteiger charge is -2.09. The van der Waals surface area contributed by atoms with Crippen molar-refractivity contribution in [3.8, 4) is 5.75 Å². The molecule has 0 radical (unpaired) electrons. The van der Waals surface area contributed by atoms with Crippen molar-refractivity contribution in [1.29, 1.82) is 0 Å². The number of ether oxygens (including phenoxy) is 1. The average molecular weight is 362 g/mol. The van der Waals surface area contributed by atoms with Crippen molar-refractivity contribution in [2.24, 2.45) is 0 Å². The Balaban J connectivity index is 1.53.